The van der Waals surface area contributed by atoms with E-state index in [2.05, 4.69) is 10.6 Å². The smallest absolute Gasteiger partial charge is 0.316 e. The van der Waals surface area contributed by atoms with Gasteiger partial charge in [0.25, 0.3) is 0 Å². The summed E-state index contributed by atoms with van der Waals surface area (Å²) < 4.78 is 0. The summed E-state index contributed by atoms with van der Waals surface area (Å²) in [6.07, 6.45) is 0.653. The number of anilines is 1. The van der Waals surface area contributed by atoms with Crippen molar-refractivity contribution in [1.29, 1.82) is 0 Å². The minimum Gasteiger partial charge on any atom is -0.352 e. The van der Waals surface area contributed by atoms with E-state index in [4.69, 9.17) is 11.5 Å². The van der Waals surface area contributed by atoms with Crippen LogP contribution in [0.5, 0.6) is 0 Å². The lowest BCUT2D eigenvalue weighted by molar-refractivity contribution is -0.120. The Morgan fingerprint density at radius 2 is 2.05 bits per heavy atom. The topological polar surface area (TPSA) is 110 Å². The van der Waals surface area contributed by atoms with E-state index in [1.54, 1.807) is 6.07 Å². The first-order chi connectivity index (χ1) is 8.51. The number of benzene rings is 1. The maximum atomic E-state index is 11.1. The van der Waals surface area contributed by atoms with Gasteiger partial charge in [0, 0.05) is 11.7 Å². The van der Waals surface area contributed by atoms with Crippen molar-refractivity contribution >= 4 is 30.0 Å². The van der Waals surface area contributed by atoms with Gasteiger partial charge < -0.3 is 22.1 Å². The zero-order chi connectivity index (χ0) is 13.5. The Balaban J connectivity index is 0.00000324. The molecule has 1 atom stereocenters. The van der Waals surface area contributed by atoms with E-state index in [1.165, 1.54) is 0 Å². The third kappa shape index (κ3) is 6.64. The fraction of sp³-hybridized carbons (Fsp3) is 0.333. The van der Waals surface area contributed by atoms with Gasteiger partial charge in [0.1, 0.15) is 0 Å². The SMILES string of the molecule is CC(Cc1cccc(NC(N)=O)c1)NC(=O)CN.Cl. The summed E-state index contributed by atoms with van der Waals surface area (Å²) in [6, 6.07) is 6.67. The monoisotopic (exact) mass is 286 g/mol. The number of urea groups is 1. The number of rotatable bonds is 5. The first-order valence-electron chi connectivity index (χ1n) is 5.66. The Hall–Kier alpha value is -1.79. The quantitative estimate of drug-likeness (QED) is 0.636. The summed E-state index contributed by atoms with van der Waals surface area (Å²) in [7, 11) is 0. The number of halogens is 1. The van der Waals surface area contributed by atoms with Gasteiger partial charge in [0.15, 0.2) is 0 Å². The van der Waals surface area contributed by atoms with Gasteiger partial charge in [-0.2, -0.15) is 0 Å². The number of hydrogen-bond acceptors (Lipinski definition) is 3. The summed E-state index contributed by atoms with van der Waals surface area (Å²) in [5, 5.41) is 5.26. The normalized spacial score (nSPS) is 11.1. The first kappa shape index (κ1) is 17.2. The second kappa shape index (κ2) is 8.34. The number of carbonyl (C=O) groups is 2. The van der Waals surface area contributed by atoms with Crippen LogP contribution in [0.2, 0.25) is 0 Å². The molecule has 6 nitrogen and oxygen atoms in total. The van der Waals surface area contributed by atoms with E-state index in [9.17, 15) is 9.59 Å². The number of primary amides is 1. The zero-order valence-electron chi connectivity index (χ0n) is 10.7. The molecule has 0 saturated carbocycles. The Labute approximate surface area is 118 Å². The molecule has 0 bridgehead atoms. The van der Waals surface area contributed by atoms with Crippen LogP contribution in [0, 0.1) is 0 Å². The number of nitrogens with two attached hydrogens (primary N) is 2. The largest absolute Gasteiger partial charge is 0.352 e. The van der Waals surface area contributed by atoms with Crippen LogP contribution in [0.4, 0.5) is 10.5 Å². The van der Waals surface area contributed by atoms with Gasteiger partial charge in [-0.25, -0.2) is 4.79 Å². The maximum Gasteiger partial charge on any atom is 0.316 e. The van der Waals surface area contributed by atoms with E-state index < -0.39 is 6.03 Å². The number of hydrogen-bond donors (Lipinski definition) is 4. The number of amides is 3. The molecule has 0 aliphatic carbocycles. The van der Waals surface area contributed by atoms with E-state index in [1.807, 2.05) is 25.1 Å². The van der Waals surface area contributed by atoms with Crippen molar-refractivity contribution in [2.45, 2.75) is 19.4 Å². The van der Waals surface area contributed by atoms with Crippen LogP contribution < -0.4 is 22.1 Å². The van der Waals surface area contributed by atoms with Crippen molar-refractivity contribution in [2.24, 2.45) is 11.5 Å². The van der Waals surface area contributed by atoms with Gasteiger partial charge in [0.05, 0.1) is 6.54 Å². The van der Waals surface area contributed by atoms with Crippen molar-refractivity contribution in [1.82, 2.24) is 5.32 Å². The van der Waals surface area contributed by atoms with E-state index in [0.717, 1.165) is 5.56 Å². The third-order valence-corrected chi connectivity index (χ3v) is 2.33. The van der Waals surface area contributed by atoms with Crippen molar-refractivity contribution in [2.75, 3.05) is 11.9 Å². The van der Waals surface area contributed by atoms with Gasteiger partial charge in [0.2, 0.25) is 5.91 Å². The fourth-order valence-electron chi connectivity index (χ4n) is 1.66. The van der Waals surface area contributed by atoms with Crippen molar-refractivity contribution in [3.8, 4) is 0 Å². The Kier molecular flexibility index (Phi) is 7.55. The molecular weight excluding hydrogens is 268 g/mol. The highest BCUT2D eigenvalue weighted by Crippen LogP contribution is 2.12. The minimum absolute atomic E-state index is 0. The minimum atomic E-state index is -0.600. The zero-order valence-corrected chi connectivity index (χ0v) is 11.5. The molecule has 0 saturated heterocycles. The molecule has 106 valence electrons. The highest BCUT2D eigenvalue weighted by Gasteiger charge is 2.07. The first-order valence-corrected chi connectivity index (χ1v) is 5.66. The summed E-state index contributed by atoms with van der Waals surface area (Å²) in [4.78, 5) is 21.8. The molecule has 0 radical (unpaired) electrons. The van der Waals surface area contributed by atoms with Gasteiger partial charge in [-0.1, -0.05) is 12.1 Å². The molecule has 0 aliphatic rings. The van der Waals surface area contributed by atoms with Crippen LogP contribution >= 0.6 is 12.4 Å². The molecule has 0 aliphatic heterocycles. The number of nitrogens with one attached hydrogen (secondary N) is 2. The molecule has 19 heavy (non-hydrogen) atoms. The predicted molar refractivity (Wildman–Crippen MR) is 77.3 cm³/mol. The van der Waals surface area contributed by atoms with Crippen LogP contribution in [0.3, 0.4) is 0 Å². The van der Waals surface area contributed by atoms with Crippen LogP contribution in [0.25, 0.3) is 0 Å². The van der Waals surface area contributed by atoms with E-state index >= 15 is 0 Å². The molecule has 1 aromatic rings. The Morgan fingerprint density at radius 3 is 2.63 bits per heavy atom. The van der Waals surface area contributed by atoms with Gasteiger partial charge >= 0.3 is 6.03 Å². The molecular formula is C12H19ClN4O2. The van der Waals surface area contributed by atoms with E-state index in [0.29, 0.717) is 12.1 Å². The molecule has 6 N–H and O–H groups in total. The summed E-state index contributed by atoms with van der Waals surface area (Å²) in [5.41, 5.74) is 11.9. The highest BCUT2D eigenvalue weighted by atomic mass is 35.5. The van der Waals surface area contributed by atoms with Crippen LogP contribution in [-0.2, 0) is 11.2 Å². The van der Waals surface area contributed by atoms with Crippen molar-refractivity contribution in [3.05, 3.63) is 29.8 Å². The lowest BCUT2D eigenvalue weighted by Crippen LogP contribution is -2.38. The summed E-state index contributed by atoms with van der Waals surface area (Å²) in [6.45, 7) is 1.87. The van der Waals surface area contributed by atoms with Crippen LogP contribution in [0.15, 0.2) is 24.3 Å². The van der Waals surface area contributed by atoms with Crippen LogP contribution in [-0.4, -0.2) is 24.5 Å². The second-order valence-electron chi connectivity index (χ2n) is 4.07. The Bertz CT molecular complexity index is 439. The molecule has 3 amide bonds. The highest BCUT2D eigenvalue weighted by molar-refractivity contribution is 5.87. The summed E-state index contributed by atoms with van der Waals surface area (Å²) in [5.74, 6) is -0.186. The number of carbonyl (C=O) groups excluding carboxylic acids is 2. The molecule has 1 unspecified atom stereocenters. The average molecular weight is 287 g/mol. The van der Waals surface area contributed by atoms with Gasteiger partial charge in [-0.15, -0.1) is 12.4 Å². The molecule has 7 heteroatoms. The lowest BCUT2D eigenvalue weighted by Gasteiger charge is -2.14. The predicted octanol–water partition coefficient (Wildman–Crippen LogP) is 0.605. The Morgan fingerprint density at radius 1 is 1.37 bits per heavy atom. The third-order valence-electron chi connectivity index (χ3n) is 2.33. The molecule has 0 aromatic heterocycles. The maximum absolute atomic E-state index is 11.1. The average Bonchev–Trinajstić information content (AvgIpc) is 2.28. The molecule has 0 fully saturated rings. The molecule has 0 heterocycles. The molecule has 0 spiro atoms. The fourth-order valence-corrected chi connectivity index (χ4v) is 1.66. The second-order valence-corrected chi connectivity index (χ2v) is 4.07. The van der Waals surface area contributed by atoms with Gasteiger partial charge in [-0.3, -0.25) is 4.79 Å². The molecule has 1 aromatic carbocycles. The van der Waals surface area contributed by atoms with Crippen LogP contribution in [0.1, 0.15) is 12.5 Å². The van der Waals surface area contributed by atoms with Crippen molar-refractivity contribution < 1.29 is 9.59 Å². The van der Waals surface area contributed by atoms with E-state index in [-0.39, 0.29) is 30.9 Å². The molecule has 1 rings (SSSR count). The lowest BCUT2D eigenvalue weighted by atomic mass is 10.1. The van der Waals surface area contributed by atoms with Gasteiger partial charge in [-0.05, 0) is 31.0 Å². The summed E-state index contributed by atoms with van der Waals surface area (Å²) >= 11 is 0. The standard InChI is InChI=1S/C12H18N4O2.ClH/c1-8(15-11(17)7-13)5-9-3-2-4-10(6-9)16-12(14)18;/h2-4,6,8H,5,7,13H2,1H3,(H,15,17)(H3,14,16,18);1H. The van der Waals surface area contributed by atoms with Crippen molar-refractivity contribution in [3.63, 3.8) is 0 Å².